The van der Waals surface area contributed by atoms with Gasteiger partial charge in [-0.15, -0.1) is 0 Å². The van der Waals surface area contributed by atoms with Crippen molar-refractivity contribution in [3.05, 3.63) is 59.7 Å². The van der Waals surface area contributed by atoms with Crippen LogP contribution in [0.2, 0.25) is 0 Å². The molecule has 7 heteroatoms. The molecule has 0 bridgehead atoms. The van der Waals surface area contributed by atoms with Crippen LogP contribution in [0.5, 0.6) is 5.75 Å². The van der Waals surface area contributed by atoms with Gasteiger partial charge in [0, 0.05) is 19.6 Å². The van der Waals surface area contributed by atoms with Crippen LogP contribution in [0.25, 0.3) is 0 Å². The lowest BCUT2D eigenvalue weighted by Crippen LogP contribution is -2.45. The minimum Gasteiger partial charge on any atom is -0.497 e. The number of carbonyl (C=O) groups excluding carboxylic acids is 1. The van der Waals surface area contributed by atoms with Crippen molar-refractivity contribution >= 4 is 15.9 Å². The number of amides is 1. The van der Waals surface area contributed by atoms with Crippen LogP contribution >= 0.6 is 0 Å². The molecule has 0 aliphatic carbocycles. The van der Waals surface area contributed by atoms with Gasteiger partial charge in [-0.3, -0.25) is 4.79 Å². The lowest BCUT2D eigenvalue weighted by molar-refractivity contribution is -0.126. The molecule has 1 saturated heterocycles. The molecule has 1 fully saturated rings. The zero-order chi connectivity index (χ0) is 20.1. The number of hydrogen-bond donors (Lipinski definition) is 1. The fraction of sp³-hybridized carbons (Fsp3) is 0.381. The summed E-state index contributed by atoms with van der Waals surface area (Å²) >= 11 is 0. The largest absolute Gasteiger partial charge is 0.497 e. The Kier molecular flexibility index (Phi) is 6.36. The summed E-state index contributed by atoms with van der Waals surface area (Å²) in [6.07, 6.45) is 1.35. The molecule has 1 aliphatic heterocycles. The highest BCUT2D eigenvalue weighted by atomic mass is 32.2. The molecular weight excluding hydrogens is 376 g/mol. The van der Waals surface area contributed by atoms with Crippen LogP contribution in [-0.2, 0) is 21.4 Å². The molecule has 6 nitrogen and oxygen atoms in total. The first-order valence-electron chi connectivity index (χ1n) is 9.38. The Balaban J connectivity index is 1.65. The van der Waals surface area contributed by atoms with E-state index < -0.39 is 10.0 Å². The molecule has 1 heterocycles. The number of piperidine rings is 1. The number of hydrogen-bond acceptors (Lipinski definition) is 4. The van der Waals surface area contributed by atoms with E-state index in [-0.39, 0.29) is 23.3 Å². The van der Waals surface area contributed by atoms with Gasteiger partial charge in [-0.25, -0.2) is 8.42 Å². The summed E-state index contributed by atoms with van der Waals surface area (Å²) in [5.74, 6) is 0.162. The molecule has 28 heavy (non-hydrogen) atoms. The standard InChI is InChI=1S/C21H26N2O4S/c1-16-6-3-4-7-17(16)14-22-21(24)18-8-5-13-23(15-18)28(25,26)20-11-9-19(27-2)10-12-20/h3-4,6-7,9-12,18H,5,8,13-15H2,1-2H3,(H,22,24)/t18-/m0/s1. The second-order valence-electron chi connectivity index (χ2n) is 7.02. The maximum atomic E-state index is 12.9. The Bertz CT molecular complexity index is 926. The predicted molar refractivity (Wildman–Crippen MR) is 108 cm³/mol. The summed E-state index contributed by atoms with van der Waals surface area (Å²) in [5.41, 5.74) is 2.18. The van der Waals surface area contributed by atoms with E-state index in [2.05, 4.69) is 5.32 Å². The highest BCUT2D eigenvalue weighted by Crippen LogP contribution is 2.25. The first kappa shape index (κ1) is 20.4. The molecule has 1 amide bonds. The minimum absolute atomic E-state index is 0.0992. The Hall–Kier alpha value is -2.38. The van der Waals surface area contributed by atoms with Crippen LogP contribution in [0.3, 0.4) is 0 Å². The summed E-state index contributed by atoms with van der Waals surface area (Å²) in [6, 6.07) is 14.2. The fourth-order valence-corrected chi connectivity index (χ4v) is 4.93. The molecule has 0 aromatic heterocycles. The van der Waals surface area contributed by atoms with E-state index in [4.69, 9.17) is 4.74 Å². The molecular formula is C21H26N2O4S. The molecule has 150 valence electrons. The van der Waals surface area contributed by atoms with Crippen molar-refractivity contribution < 1.29 is 17.9 Å². The Morgan fingerprint density at radius 1 is 1.18 bits per heavy atom. The normalized spacial score (nSPS) is 17.9. The minimum atomic E-state index is -3.63. The topological polar surface area (TPSA) is 75.7 Å². The van der Waals surface area contributed by atoms with Gasteiger partial charge in [0.25, 0.3) is 0 Å². The van der Waals surface area contributed by atoms with Crippen LogP contribution in [0.4, 0.5) is 0 Å². The highest BCUT2D eigenvalue weighted by Gasteiger charge is 2.33. The number of nitrogens with one attached hydrogen (secondary N) is 1. The lowest BCUT2D eigenvalue weighted by atomic mass is 9.98. The van der Waals surface area contributed by atoms with Crippen molar-refractivity contribution in [1.29, 1.82) is 0 Å². The molecule has 0 spiro atoms. The van der Waals surface area contributed by atoms with Crippen molar-refractivity contribution in [3.63, 3.8) is 0 Å². The van der Waals surface area contributed by atoms with Crippen LogP contribution in [0.15, 0.2) is 53.4 Å². The molecule has 3 rings (SSSR count). The molecule has 1 N–H and O–H groups in total. The van der Waals surface area contributed by atoms with Gasteiger partial charge in [0.2, 0.25) is 15.9 Å². The Morgan fingerprint density at radius 2 is 1.89 bits per heavy atom. The number of rotatable bonds is 6. The van der Waals surface area contributed by atoms with Crippen molar-refractivity contribution in [2.24, 2.45) is 5.92 Å². The zero-order valence-corrected chi connectivity index (χ0v) is 17.0. The second-order valence-corrected chi connectivity index (χ2v) is 8.96. The molecule has 0 saturated carbocycles. The van der Waals surface area contributed by atoms with E-state index in [1.807, 2.05) is 31.2 Å². The maximum Gasteiger partial charge on any atom is 0.243 e. The van der Waals surface area contributed by atoms with E-state index >= 15 is 0 Å². The summed E-state index contributed by atoms with van der Waals surface area (Å²) < 4.78 is 32.4. The number of carbonyl (C=O) groups is 1. The number of sulfonamides is 1. The third-order valence-corrected chi connectivity index (χ3v) is 7.05. The van der Waals surface area contributed by atoms with Gasteiger partial charge in [0.1, 0.15) is 5.75 Å². The fourth-order valence-electron chi connectivity index (χ4n) is 3.41. The van der Waals surface area contributed by atoms with Crippen LogP contribution < -0.4 is 10.1 Å². The number of methoxy groups -OCH3 is 1. The van der Waals surface area contributed by atoms with Crippen LogP contribution in [-0.4, -0.2) is 38.8 Å². The van der Waals surface area contributed by atoms with Gasteiger partial charge in [0.15, 0.2) is 0 Å². The number of ether oxygens (including phenoxy) is 1. The molecule has 1 atom stereocenters. The maximum absolute atomic E-state index is 12.9. The summed E-state index contributed by atoms with van der Waals surface area (Å²) in [4.78, 5) is 12.8. The van der Waals surface area contributed by atoms with E-state index in [0.717, 1.165) is 11.1 Å². The van der Waals surface area contributed by atoms with Gasteiger partial charge in [-0.05, 0) is 55.2 Å². The number of benzene rings is 2. The smallest absolute Gasteiger partial charge is 0.243 e. The van der Waals surface area contributed by atoms with Gasteiger partial charge in [-0.2, -0.15) is 4.31 Å². The third kappa shape index (κ3) is 4.54. The lowest BCUT2D eigenvalue weighted by Gasteiger charge is -2.31. The van der Waals surface area contributed by atoms with Gasteiger partial charge >= 0.3 is 0 Å². The summed E-state index contributed by atoms with van der Waals surface area (Å²) in [6.45, 7) is 3.09. The predicted octanol–water partition coefficient (Wildman–Crippen LogP) is 2.72. The summed E-state index contributed by atoms with van der Waals surface area (Å²) in [7, 11) is -2.09. The van der Waals surface area contributed by atoms with E-state index in [9.17, 15) is 13.2 Å². The van der Waals surface area contributed by atoms with E-state index in [1.54, 1.807) is 12.1 Å². The third-order valence-electron chi connectivity index (χ3n) is 5.17. The first-order valence-corrected chi connectivity index (χ1v) is 10.8. The Labute approximate surface area is 166 Å². The van der Waals surface area contributed by atoms with E-state index in [0.29, 0.717) is 31.7 Å². The molecule has 0 unspecified atom stereocenters. The number of nitrogens with zero attached hydrogens (tertiary/aromatic N) is 1. The van der Waals surface area contributed by atoms with Crippen molar-refractivity contribution in [2.45, 2.75) is 31.2 Å². The number of aryl methyl sites for hydroxylation is 1. The summed E-state index contributed by atoms with van der Waals surface area (Å²) in [5, 5.41) is 2.96. The SMILES string of the molecule is COc1ccc(S(=O)(=O)N2CCC[C@H](C(=O)NCc3ccccc3C)C2)cc1. The van der Waals surface area contributed by atoms with E-state index in [1.165, 1.54) is 23.5 Å². The van der Waals surface area contributed by atoms with Gasteiger partial charge < -0.3 is 10.1 Å². The van der Waals surface area contributed by atoms with Crippen molar-refractivity contribution in [3.8, 4) is 5.75 Å². The molecule has 0 radical (unpaired) electrons. The van der Waals surface area contributed by atoms with Crippen LogP contribution in [0, 0.1) is 12.8 Å². The van der Waals surface area contributed by atoms with Gasteiger partial charge in [-0.1, -0.05) is 24.3 Å². The quantitative estimate of drug-likeness (QED) is 0.806. The zero-order valence-electron chi connectivity index (χ0n) is 16.2. The van der Waals surface area contributed by atoms with Gasteiger partial charge in [0.05, 0.1) is 17.9 Å². The van der Waals surface area contributed by atoms with Crippen molar-refractivity contribution in [1.82, 2.24) is 9.62 Å². The second kappa shape index (κ2) is 8.75. The average Bonchev–Trinajstić information content (AvgIpc) is 2.73. The van der Waals surface area contributed by atoms with Crippen molar-refractivity contribution in [2.75, 3.05) is 20.2 Å². The highest BCUT2D eigenvalue weighted by molar-refractivity contribution is 7.89. The average molecular weight is 403 g/mol. The first-order chi connectivity index (χ1) is 13.4. The molecule has 2 aromatic rings. The Morgan fingerprint density at radius 3 is 2.57 bits per heavy atom. The van der Waals surface area contributed by atoms with Crippen LogP contribution in [0.1, 0.15) is 24.0 Å². The monoisotopic (exact) mass is 402 g/mol. The molecule has 2 aromatic carbocycles. The molecule has 1 aliphatic rings.